The van der Waals surface area contributed by atoms with Crippen LogP contribution in [0.1, 0.15) is 54.2 Å². The molecule has 16 aromatic rings. The van der Waals surface area contributed by atoms with Crippen LogP contribution in [0, 0.1) is 38.2 Å². The third kappa shape index (κ3) is 19.6. The van der Waals surface area contributed by atoms with E-state index in [1.54, 1.807) is 119 Å². The molecule has 2 saturated heterocycles. The Hall–Kier alpha value is -13.7. The summed E-state index contributed by atoms with van der Waals surface area (Å²) in [4.78, 5) is 67.8. The number of pyridine rings is 7. The van der Waals surface area contributed by atoms with Gasteiger partial charge in [-0.05, 0) is 232 Å². The highest BCUT2D eigenvalue weighted by molar-refractivity contribution is 7.16. The highest BCUT2D eigenvalue weighted by Crippen LogP contribution is 2.41. The lowest BCUT2D eigenvalue weighted by atomic mass is 9.98. The number of carbonyl (C=O) groups excluding carboxylic acids is 3. The molecule has 11 aromatic heterocycles. The molecule has 28 heteroatoms. The number of benzene rings is 5. The molecule has 2 fully saturated rings. The second kappa shape index (κ2) is 39.0. The number of nitrogens with zero attached hydrogens (tertiary/aromatic N) is 14. The number of likely N-dealkylation sites (N-methyl/N-ethyl adjacent to an activating group) is 1. The van der Waals surface area contributed by atoms with E-state index in [1.807, 2.05) is 146 Å². The Morgan fingerprint density at radius 3 is 1.24 bits per heavy atom. The number of fused-ring (bicyclic) bond motifs is 5. The lowest BCUT2D eigenvalue weighted by Gasteiger charge is -2.26. The van der Waals surface area contributed by atoms with Gasteiger partial charge in [0, 0.05) is 147 Å². The minimum absolute atomic E-state index is 0.139. The van der Waals surface area contributed by atoms with Crippen molar-refractivity contribution in [2.75, 3.05) is 113 Å². The van der Waals surface area contributed by atoms with Gasteiger partial charge in [-0.25, -0.2) is 31.7 Å². The molecule has 124 heavy (non-hydrogen) atoms. The van der Waals surface area contributed by atoms with Crippen LogP contribution in [0.25, 0.3) is 116 Å². The summed E-state index contributed by atoms with van der Waals surface area (Å²) >= 11 is 1.65. The van der Waals surface area contributed by atoms with Crippen molar-refractivity contribution in [2.24, 2.45) is 0 Å². The molecule has 24 nitrogen and oxygen atoms in total. The number of thiazole rings is 1. The molecule has 0 bridgehead atoms. The number of hydrogen-bond donors (Lipinski definition) is 3. The van der Waals surface area contributed by atoms with Crippen molar-refractivity contribution in [3.63, 3.8) is 0 Å². The Morgan fingerprint density at radius 2 is 0.806 bits per heavy atom. The van der Waals surface area contributed by atoms with Crippen LogP contribution in [0.3, 0.4) is 0 Å². The van der Waals surface area contributed by atoms with Gasteiger partial charge in [0.1, 0.15) is 17.5 Å². The van der Waals surface area contributed by atoms with Crippen LogP contribution in [0.15, 0.2) is 243 Å². The van der Waals surface area contributed by atoms with Gasteiger partial charge >= 0.3 is 0 Å². The van der Waals surface area contributed by atoms with Crippen LogP contribution < -0.4 is 25.4 Å². The van der Waals surface area contributed by atoms with Crippen molar-refractivity contribution in [1.82, 2.24) is 84.4 Å². The van der Waals surface area contributed by atoms with Crippen molar-refractivity contribution >= 4 is 55.8 Å². The second-order valence-electron chi connectivity index (χ2n) is 30.3. The van der Waals surface area contributed by atoms with Crippen molar-refractivity contribution in [2.45, 2.75) is 27.2 Å². The topological polar surface area (TPSA) is 250 Å². The summed E-state index contributed by atoms with van der Waals surface area (Å²) < 4.78 is 69.3. The molecular formula is C96H90F3N17O7S. The number of morpholine rings is 2. The molecule has 14 heterocycles. The van der Waals surface area contributed by atoms with Crippen molar-refractivity contribution in [3.05, 3.63) is 294 Å². The van der Waals surface area contributed by atoms with Gasteiger partial charge in [0.05, 0.1) is 117 Å². The third-order valence-corrected chi connectivity index (χ3v) is 22.5. The molecule has 0 saturated carbocycles. The molecule has 0 radical (unpaired) electrons. The van der Waals surface area contributed by atoms with Crippen LogP contribution in [-0.2, 0) is 9.47 Å². The Morgan fingerprint density at radius 1 is 0.419 bits per heavy atom. The van der Waals surface area contributed by atoms with Crippen molar-refractivity contribution in [1.29, 1.82) is 0 Å². The average molecular weight is 1680 g/mol. The summed E-state index contributed by atoms with van der Waals surface area (Å²) in [6.45, 7) is 16.4. The Kier molecular flexibility index (Phi) is 26.4. The monoisotopic (exact) mass is 1680 g/mol. The largest absolute Gasteiger partial charge is 0.454 e. The van der Waals surface area contributed by atoms with Gasteiger partial charge in [-0.3, -0.25) is 44.1 Å². The number of amides is 3. The predicted molar refractivity (Wildman–Crippen MR) is 475 cm³/mol. The van der Waals surface area contributed by atoms with E-state index in [4.69, 9.17) is 18.9 Å². The van der Waals surface area contributed by atoms with E-state index in [-0.39, 0.29) is 42.0 Å². The summed E-state index contributed by atoms with van der Waals surface area (Å²) in [5, 5.41) is 22.0. The molecule has 3 amide bonds. The number of hydrogen-bond acceptors (Lipinski definition) is 19. The fourth-order valence-corrected chi connectivity index (χ4v) is 15.8. The second-order valence-corrected chi connectivity index (χ2v) is 31.2. The zero-order valence-electron chi connectivity index (χ0n) is 69.1. The van der Waals surface area contributed by atoms with Crippen LogP contribution in [0.4, 0.5) is 13.2 Å². The average Bonchev–Trinajstić information content (AvgIpc) is 1.38. The van der Waals surface area contributed by atoms with Gasteiger partial charge in [0.2, 0.25) is 6.79 Å². The molecule has 19 rings (SSSR count). The normalized spacial score (nSPS) is 13.3. The number of aromatic nitrogens is 11. The number of nitrogens with one attached hydrogen (secondary N) is 3. The zero-order valence-corrected chi connectivity index (χ0v) is 69.9. The molecule has 5 aromatic carbocycles. The Bertz CT molecular complexity index is 6540. The number of carbonyl (C=O) groups is 3. The quantitative estimate of drug-likeness (QED) is 0.0566. The van der Waals surface area contributed by atoms with Gasteiger partial charge in [0.25, 0.3) is 17.7 Å². The highest BCUT2D eigenvalue weighted by Gasteiger charge is 2.24. The van der Waals surface area contributed by atoms with Crippen molar-refractivity contribution in [3.8, 4) is 101 Å². The molecule has 628 valence electrons. The minimum Gasteiger partial charge on any atom is -0.454 e. The van der Waals surface area contributed by atoms with Gasteiger partial charge in [-0.1, -0.05) is 30.3 Å². The molecule has 3 N–H and O–H groups in total. The lowest BCUT2D eigenvalue weighted by molar-refractivity contribution is 0.0374. The maximum atomic E-state index is 13.8. The number of halogens is 3. The van der Waals surface area contributed by atoms with E-state index in [0.29, 0.717) is 64.0 Å². The summed E-state index contributed by atoms with van der Waals surface area (Å²) in [5.41, 5.74) is 22.7. The van der Waals surface area contributed by atoms with Crippen molar-refractivity contribution < 1.29 is 46.5 Å². The first-order valence-electron chi connectivity index (χ1n) is 40.9. The highest BCUT2D eigenvalue weighted by atomic mass is 32.1. The SMILES string of the molecule is Cc1cc(-c2ncccc2-c2ccn3ncc(C(=O)NCCCN4CCOCC4)c3c2)ccc1F.Cc1cc(-c2ncccc2-c2ccn3ncc(C(=O)NCCN(C)C)c3c2)ccc1F.Cc1cc(-c2ncccc2-c2ccn3ncc(C(=O)NCCN4CCOCC4)c3c2)ccc1F.c1cnc(-c2ccc3c(c2)OCO3)c(-c2ccc3ncsc3c2)c1. The molecular weight excluding hydrogens is 1590 g/mol. The Balaban J connectivity index is 0.000000123. The van der Waals surface area contributed by atoms with Gasteiger partial charge in [-0.15, -0.1) is 11.3 Å². The van der Waals surface area contributed by atoms with Crippen LogP contribution in [0.5, 0.6) is 11.5 Å². The van der Waals surface area contributed by atoms with Crippen LogP contribution in [0.2, 0.25) is 0 Å². The number of aryl methyl sites for hydroxylation is 3. The zero-order chi connectivity index (χ0) is 85.6. The lowest BCUT2D eigenvalue weighted by Crippen LogP contribution is -2.41. The van der Waals surface area contributed by atoms with Gasteiger partial charge in [0.15, 0.2) is 11.5 Å². The van der Waals surface area contributed by atoms with E-state index >= 15 is 0 Å². The molecule has 0 atom stereocenters. The van der Waals surface area contributed by atoms with E-state index in [1.165, 1.54) is 22.9 Å². The number of ether oxygens (including phenoxy) is 4. The Labute approximate surface area is 718 Å². The van der Waals surface area contributed by atoms with E-state index < -0.39 is 0 Å². The summed E-state index contributed by atoms with van der Waals surface area (Å²) in [7, 11) is 3.92. The van der Waals surface area contributed by atoms with Gasteiger partial charge in [-0.2, -0.15) is 15.3 Å². The fourth-order valence-electron chi connectivity index (χ4n) is 15.0. The standard InChI is InChI=1S/C27H28FN5O2.C26H26FN5O2.C24H24FN5O.C19H12N2O2S/c1-19-16-21(5-6-24(19)28)26-22(4-2-8-29-26)20-7-11-33-25(17-20)23(18-31-33)27(34)30-9-3-10-32-12-14-35-15-13-32;1-18-15-20(4-5-23(18)27)25-21(3-2-7-28-25)19-6-9-32-24(16-19)22(17-30-32)26(33)29-8-10-31-11-13-34-14-12-31;1-16-13-18(6-7-21(16)25)23-19(5-4-9-26-23)17-8-11-30-22(14-17)20(15-28-30)24(31)27-10-12-29(2)3;1-2-14(12-3-5-15-18(9-12)24-10-21-15)19(20-7-1)13-4-6-16-17(8-13)23-11-22-16/h2,4-8,11,16-18H,3,9-10,12-15H2,1H3,(H,30,34);2-7,9,15-17H,8,10-14H2,1H3,(H,29,33);4-9,11,13-15H,10,12H2,1-3H3,(H,27,31);1-10H,11H2. The molecule has 0 unspecified atom stereocenters. The van der Waals surface area contributed by atoms with E-state index in [0.717, 1.165) is 191 Å². The number of rotatable bonds is 21. The van der Waals surface area contributed by atoms with Crippen LogP contribution >= 0.6 is 11.3 Å². The predicted octanol–water partition coefficient (Wildman–Crippen LogP) is 16.1. The molecule has 0 aliphatic carbocycles. The third-order valence-electron chi connectivity index (χ3n) is 21.7. The van der Waals surface area contributed by atoms with E-state index in [9.17, 15) is 27.6 Å². The molecule has 3 aliphatic heterocycles. The van der Waals surface area contributed by atoms with E-state index in [2.05, 4.69) is 90.2 Å². The molecule has 0 spiro atoms. The maximum absolute atomic E-state index is 13.8. The summed E-state index contributed by atoms with van der Waals surface area (Å²) in [5.74, 6) is 0.366. The first kappa shape index (κ1) is 83.9. The minimum atomic E-state index is -0.244. The smallest absolute Gasteiger partial charge is 0.255 e. The maximum Gasteiger partial charge on any atom is 0.255 e. The first-order chi connectivity index (χ1) is 60.5. The summed E-state index contributed by atoms with van der Waals surface area (Å²) in [6.07, 6.45) is 18.1. The van der Waals surface area contributed by atoms with Gasteiger partial charge < -0.3 is 39.8 Å². The first-order valence-corrected chi connectivity index (χ1v) is 41.8. The van der Waals surface area contributed by atoms with Crippen LogP contribution in [-0.4, -0.2) is 199 Å². The fraction of sp³-hybridized carbons (Fsp3) is 0.219. The summed E-state index contributed by atoms with van der Waals surface area (Å²) in [6, 6.07) is 54.5. The molecule has 3 aliphatic rings.